The molecule has 1 saturated heterocycles. The third kappa shape index (κ3) is 4.40. The molecule has 1 fully saturated rings. The number of tetrazole rings is 1. The van der Waals surface area contributed by atoms with Gasteiger partial charge in [0, 0.05) is 37.4 Å². The van der Waals surface area contributed by atoms with E-state index >= 15 is 0 Å². The summed E-state index contributed by atoms with van der Waals surface area (Å²) >= 11 is 1.69. The van der Waals surface area contributed by atoms with E-state index in [0.717, 1.165) is 11.1 Å². The lowest BCUT2D eigenvalue weighted by molar-refractivity contribution is -0.151. The summed E-state index contributed by atoms with van der Waals surface area (Å²) < 4.78 is 1.53. The first kappa shape index (κ1) is 20.2. The zero-order valence-corrected chi connectivity index (χ0v) is 17.7. The van der Waals surface area contributed by atoms with Crippen molar-refractivity contribution in [1.29, 1.82) is 0 Å². The van der Waals surface area contributed by atoms with E-state index in [4.69, 9.17) is 0 Å². The van der Waals surface area contributed by atoms with Gasteiger partial charge in [0.25, 0.3) is 0 Å². The number of benzene rings is 1. The lowest BCUT2D eigenvalue weighted by Crippen LogP contribution is -2.59. The van der Waals surface area contributed by atoms with Crippen LogP contribution < -0.4 is 0 Å². The molecule has 0 aliphatic carbocycles. The van der Waals surface area contributed by atoms with E-state index in [1.54, 1.807) is 16.2 Å². The molecule has 1 atom stereocenters. The van der Waals surface area contributed by atoms with E-state index in [1.165, 1.54) is 15.9 Å². The highest BCUT2D eigenvalue weighted by Crippen LogP contribution is 2.26. The molecule has 0 spiro atoms. The van der Waals surface area contributed by atoms with Crippen LogP contribution >= 0.6 is 11.3 Å². The first-order valence-electron chi connectivity index (χ1n) is 10.1. The molecule has 0 N–H and O–H groups in total. The van der Waals surface area contributed by atoms with Crippen molar-refractivity contribution in [3.63, 3.8) is 0 Å². The Labute approximate surface area is 179 Å². The van der Waals surface area contributed by atoms with E-state index in [-0.39, 0.29) is 18.2 Å². The molecule has 9 heteroatoms. The third-order valence-electron chi connectivity index (χ3n) is 5.39. The van der Waals surface area contributed by atoms with Gasteiger partial charge in [-0.25, -0.2) is 4.68 Å². The highest BCUT2D eigenvalue weighted by molar-refractivity contribution is 7.13. The van der Waals surface area contributed by atoms with Crippen LogP contribution in [0, 0.1) is 0 Å². The molecular formula is C21H24N6O2S. The van der Waals surface area contributed by atoms with Crippen molar-refractivity contribution in [1.82, 2.24) is 30.0 Å². The van der Waals surface area contributed by atoms with Crippen molar-refractivity contribution >= 4 is 23.2 Å². The molecule has 8 nitrogen and oxygen atoms in total. The lowest BCUT2D eigenvalue weighted by atomic mass is 9.98. The largest absolute Gasteiger partial charge is 0.339 e. The average molecular weight is 425 g/mol. The molecule has 0 unspecified atom stereocenters. The minimum atomic E-state index is -0.487. The van der Waals surface area contributed by atoms with Gasteiger partial charge in [-0.05, 0) is 39.9 Å². The van der Waals surface area contributed by atoms with Crippen molar-refractivity contribution in [2.24, 2.45) is 0 Å². The summed E-state index contributed by atoms with van der Waals surface area (Å²) in [4.78, 5) is 30.8. The molecule has 2 aromatic heterocycles. The Morgan fingerprint density at radius 2 is 2.13 bits per heavy atom. The Morgan fingerprint density at radius 3 is 2.87 bits per heavy atom. The minimum absolute atomic E-state index is 0.0149. The number of hydrogen-bond donors (Lipinski definition) is 0. The van der Waals surface area contributed by atoms with Crippen molar-refractivity contribution in [3.05, 3.63) is 53.7 Å². The van der Waals surface area contributed by atoms with Gasteiger partial charge in [0.05, 0.1) is 6.54 Å². The number of piperazine rings is 1. The first-order valence-corrected chi connectivity index (χ1v) is 11.0. The van der Waals surface area contributed by atoms with E-state index in [9.17, 15) is 9.59 Å². The third-order valence-corrected chi connectivity index (χ3v) is 6.31. The highest BCUT2D eigenvalue weighted by Gasteiger charge is 2.36. The van der Waals surface area contributed by atoms with Gasteiger partial charge in [0.1, 0.15) is 12.4 Å². The number of carbonyl (C=O) groups is 2. The number of carbonyl (C=O) groups excluding carboxylic acids is 2. The summed E-state index contributed by atoms with van der Waals surface area (Å²) in [7, 11) is 0. The normalized spacial score (nSPS) is 16.8. The number of aromatic nitrogens is 4. The van der Waals surface area contributed by atoms with Gasteiger partial charge < -0.3 is 9.80 Å². The predicted octanol–water partition coefficient (Wildman–Crippen LogP) is 2.09. The first-order chi connectivity index (χ1) is 14.7. The predicted molar refractivity (Wildman–Crippen MR) is 114 cm³/mol. The maximum absolute atomic E-state index is 13.1. The molecular weight excluding hydrogens is 400 g/mol. The average Bonchev–Trinajstić information content (AvgIpc) is 3.48. The van der Waals surface area contributed by atoms with Crippen LogP contribution in [-0.2, 0) is 22.6 Å². The number of thiophene rings is 1. The minimum Gasteiger partial charge on any atom is -0.339 e. The van der Waals surface area contributed by atoms with E-state index in [2.05, 4.69) is 39.1 Å². The van der Waals surface area contributed by atoms with Crippen LogP contribution in [-0.4, -0.2) is 67.5 Å². The smallest absolute Gasteiger partial charge is 0.245 e. The number of hydrogen-bond acceptors (Lipinski definition) is 6. The van der Waals surface area contributed by atoms with Crippen LogP contribution in [0.2, 0.25) is 0 Å². The van der Waals surface area contributed by atoms with Crippen molar-refractivity contribution in [2.75, 3.05) is 19.6 Å². The number of aryl methyl sites for hydroxylation is 1. The number of amides is 2. The molecule has 2 amide bonds. The second-order valence-electron chi connectivity index (χ2n) is 7.23. The molecule has 156 valence electrons. The van der Waals surface area contributed by atoms with Gasteiger partial charge in [-0.2, -0.15) is 0 Å². The van der Waals surface area contributed by atoms with Crippen LogP contribution in [0.1, 0.15) is 18.9 Å². The Kier molecular flexibility index (Phi) is 6.18. The van der Waals surface area contributed by atoms with Crippen LogP contribution in [0.4, 0.5) is 0 Å². The van der Waals surface area contributed by atoms with Gasteiger partial charge in [-0.3, -0.25) is 9.59 Å². The second kappa shape index (κ2) is 9.17. The maximum atomic E-state index is 13.1. The van der Waals surface area contributed by atoms with Gasteiger partial charge in [0.2, 0.25) is 11.8 Å². The van der Waals surface area contributed by atoms with Crippen molar-refractivity contribution in [2.45, 2.75) is 32.4 Å². The lowest BCUT2D eigenvalue weighted by Gasteiger charge is -2.40. The molecule has 0 bridgehead atoms. The fraction of sp³-hybridized carbons (Fsp3) is 0.381. The number of likely N-dealkylation sites (N-methyl/N-ethyl adjacent to an activating group) is 1. The Morgan fingerprint density at radius 1 is 1.23 bits per heavy atom. The molecule has 1 aliphatic rings. The molecule has 0 radical (unpaired) electrons. The van der Waals surface area contributed by atoms with Gasteiger partial charge >= 0.3 is 0 Å². The van der Waals surface area contributed by atoms with Crippen LogP contribution in [0.3, 0.4) is 0 Å². The zero-order chi connectivity index (χ0) is 20.9. The van der Waals surface area contributed by atoms with E-state index < -0.39 is 6.04 Å². The Bertz CT molecular complexity index is 989. The summed E-state index contributed by atoms with van der Waals surface area (Å²) in [5.74, 6) is -0.0323. The maximum Gasteiger partial charge on any atom is 0.245 e. The molecule has 0 saturated carbocycles. The monoisotopic (exact) mass is 424 g/mol. The second-order valence-corrected chi connectivity index (χ2v) is 8.17. The molecule has 1 aliphatic heterocycles. The molecule has 3 heterocycles. The summed E-state index contributed by atoms with van der Waals surface area (Å²) in [5, 5.41) is 13.0. The quantitative estimate of drug-likeness (QED) is 0.580. The van der Waals surface area contributed by atoms with Crippen molar-refractivity contribution < 1.29 is 9.59 Å². The summed E-state index contributed by atoms with van der Waals surface area (Å²) in [6.07, 6.45) is 2.25. The summed E-state index contributed by atoms with van der Waals surface area (Å²) in [6.45, 7) is 4.13. The van der Waals surface area contributed by atoms with Gasteiger partial charge in [-0.1, -0.05) is 30.3 Å². The summed E-state index contributed by atoms with van der Waals surface area (Å²) in [6, 6.07) is 11.9. The van der Waals surface area contributed by atoms with Crippen LogP contribution in [0.15, 0.2) is 48.1 Å². The van der Waals surface area contributed by atoms with Gasteiger partial charge in [0.15, 0.2) is 0 Å². The Hall–Kier alpha value is -3.07. The molecule has 30 heavy (non-hydrogen) atoms. The SMILES string of the molecule is CCN1CCN(C(=O)CCn2cnnn2)[C@H](Cc2cccc(-c3cccs3)c2)C1=O. The van der Waals surface area contributed by atoms with Crippen LogP contribution in [0.5, 0.6) is 0 Å². The van der Waals surface area contributed by atoms with Gasteiger partial charge in [-0.15, -0.1) is 16.4 Å². The molecule has 1 aromatic carbocycles. The van der Waals surface area contributed by atoms with Crippen molar-refractivity contribution in [3.8, 4) is 10.4 Å². The number of nitrogens with zero attached hydrogens (tertiary/aromatic N) is 6. The molecule has 3 aromatic rings. The molecule has 4 rings (SSSR count). The van der Waals surface area contributed by atoms with E-state index in [0.29, 0.717) is 32.6 Å². The number of rotatable bonds is 7. The topological polar surface area (TPSA) is 84.2 Å². The standard InChI is InChI=1S/C21H24N6O2S/c1-2-25-10-11-27(20(28)8-9-26-15-22-23-24-26)18(21(25)29)14-16-5-3-6-17(13-16)19-7-4-12-30-19/h3-7,12-13,15,18H,2,8-11,14H2,1H3/t18-/m1/s1. The summed E-state index contributed by atoms with van der Waals surface area (Å²) in [5.41, 5.74) is 2.19. The van der Waals surface area contributed by atoms with E-state index in [1.807, 2.05) is 30.0 Å². The fourth-order valence-corrected chi connectivity index (χ4v) is 4.53. The van der Waals surface area contributed by atoms with Crippen LogP contribution in [0.25, 0.3) is 10.4 Å². The Balaban J connectivity index is 1.52. The highest BCUT2D eigenvalue weighted by atomic mass is 32.1. The zero-order valence-electron chi connectivity index (χ0n) is 16.8. The fourth-order valence-electron chi connectivity index (χ4n) is 3.80.